The van der Waals surface area contributed by atoms with Crippen molar-refractivity contribution in [2.45, 2.75) is 17.8 Å². The van der Waals surface area contributed by atoms with E-state index in [4.69, 9.17) is 15.1 Å². The Bertz CT molecular complexity index is 1260. The van der Waals surface area contributed by atoms with Crippen molar-refractivity contribution in [1.82, 2.24) is 19.6 Å². The monoisotopic (exact) mass is 382 g/mol. The van der Waals surface area contributed by atoms with Gasteiger partial charge >= 0.3 is 0 Å². The molecule has 0 spiro atoms. The van der Waals surface area contributed by atoms with E-state index in [1.807, 2.05) is 53.0 Å². The van der Waals surface area contributed by atoms with Crippen molar-refractivity contribution in [1.29, 1.82) is 0 Å². The van der Waals surface area contributed by atoms with Crippen LogP contribution in [0.3, 0.4) is 0 Å². The minimum atomic E-state index is 0.718. The first-order valence-corrected chi connectivity index (χ1v) is 10.2. The van der Waals surface area contributed by atoms with Crippen molar-refractivity contribution in [3.8, 4) is 11.4 Å². The number of aromatic nitrogens is 4. The van der Waals surface area contributed by atoms with Gasteiger partial charge in [0, 0.05) is 16.7 Å². The first kappa shape index (κ1) is 17.0. The van der Waals surface area contributed by atoms with Gasteiger partial charge in [0.1, 0.15) is 0 Å². The number of thioether (sulfide) groups is 1. The first-order chi connectivity index (χ1) is 13.8. The summed E-state index contributed by atoms with van der Waals surface area (Å²) in [5, 5.41) is 6.64. The van der Waals surface area contributed by atoms with Gasteiger partial charge in [0.05, 0.1) is 5.52 Å². The van der Waals surface area contributed by atoms with Crippen LogP contribution in [0.1, 0.15) is 11.1 Å². The van der Waals surface area contributed by atoms with Crippen molar-refractivity contribution >= 4 is 28.3 Å². The summed E-state index contributed by atoms with van der Waals surface area (Å²) in [6.07, 6.45) is 0. The normalized spacial score (nSPS) is 11.3. The zero-order valence-corrected chi connectivity index (χ0v) is 16.2. The van der Waals surface area contributed by atoms with Crippen molar-refractivity contribution in [3.63, 3.8) is 0 Å². The van der Waals surface area contributed by atoms with Gasteiger partial charge in [0.2, 0.25) is 0 Å². The van der Waals surface area contributed by atoms with E-state index in [0.717, 1.165) is 38.8 Å². The molecule has 0 aliphatic carbocycles. The molecule has 4 nitrogen and oxygen atoms in total. The van der Waals surface area contributed by atoms with E-state index in [2.05, 4.69) is 37.3 Å². The molecule has 136 valence electrons. The molecule has 0 aliphatic rings. The Morgan fingerprint density at radius 3 is 2.39 bits per heavy atom. The third-order valence-corrected chi connectivity index (χ3v) is 5.67. The number of benzene rings is 3. The molecule has 3 aromatic carbocycles. The highest BCUT2D eigenvalue weighted by molar-refractivity contribution is 7.98. The standard InChI is InChI=1S/C23H18N4S/c1-16-11-13-17(14-12-16)15-28-23-24-20-10-6-5-9-19(20)22-25-21(26-27(22)23)18-7-3-2-4-8-18/h2-14H,15H2,1H3. The number of aryl methyl sites for hydroxylation is 1. The highest BCUT2D eigenvalue weighted by Gasteiger charge is 2.14. The van der Waals surface area contributed by atoms with Gasteiger partial charge in [-0.3, -0.25) is 0 Å². The molecule has 0 aliphatic heterocycles. The summed E-state index contributed by atoms with van der Waals surface area (Å²) >= 11 is 1.68. The van der Waals surface area contributed by atoms with Crippen LogP contribution in [-0.4, -0.2) is 19.6 Å². The zero-order valence-electron chi connectivity index (χ0n) is 15.4. The SMILES string of the molecule is Cc1ccc(CSc2nc3ccccc3c3nc(-c4ccccc4)nn23)cc1. The number of hydrogen-bond donors (Lipinski definition) is 0. The Balaban J connectivity index is 1.62. The molecular formula is C23H18N4S. The minimum Gasteiger partial charge on any atom is -0.222 e. The predicted octanol–water partition coefficient (Wildman–Crippen LogP) is 5.55. The molecular weight excluding hydrogens is 364 g/mol. The Hall–Kier alpha value is -3.18. The van der Waals surface area contributed by atoms with Crippen LogP contribution in [0.4, 0.5) is 0 Å². The highest BCUT2D eigenvalue weighted by Crippen LogP contribution is 2.28. The van der Waals surface area contributed by atoms with Crippen LogP contribution < -0.4 is 0 Å². The summed E-state index contributed by atoms with van der Waals surface area (Å²) < 4.78 is 1.88. The lowest BCUT2D eigenvalue weighted by atomic mass is 10.2. The topological polar surface area (TPSA) is 43.1 Å². The largest absolute Gasteiger partial charge is 0.222 e. The lowest BCUT2D eigenvalue weighted by Gasteiger charge is -2.06. The Morgan fingerprint density at radius 1 is 0.821 bits per heavy atom. The van der Waals surface area contributed by atoms with Crippen molar-refractivity contribution in [2.75, 3.05) is 0 Å². The molecule has 0 saturated carbocycles. The smallest absolute Gasteiger partial charge is 0.191 e. The molecule has 28 heavy (non-hydrogen) atoms. The van der Waals surface area contributed by atoms with Crippen LogP contribution in [-0.2, 0) is 5.75 Å². The zero-order chi connectivity index (χ0) is 18.9. The van der Waals surface area contributed by atoms with Gasteiger partial charge in [-0.1, -0.05) is 84.1 Å². The van der Waals surface area contributed by atoms with Gasteiger partial charge in [-0.05, 0) is 24.6 Å². The van der Waals surface area contributed by atoms with E-state index in [1.54, 1.807) is 11.8 Å². The minimum absolute atomic E-state index is 0.718. The van der Waals surface area contributed by atoms with E-state index in [-0.39, 0.29) is 0 Å². The summed E-state index contributed by atoms with van der Waals surface area (Å²) in [7, 11) is 0. The lowest BCUT2D eigenvalue weighted by Crippen LogP contribution is -1.98. The van der Waals surface area contributed by atoms with Crippen LogP contribution in [0.2, 0.25) is 0 Å². The maximum absolute atomic E-state index is 4.87. The maximum atomic E-state index is 4.87. The van der Waals surface area contributed by atoms with Gasteiger partial charge in [0.15, 0.2) is 16.6 Å². The Labute approximate surface area is 167 Å². The molecule has 0 amide bonds. The van der Waals surface area contributed by atoms with E-state index < -0.39 is 0 Å². The predicted molar refractivity (Wildman–Crippen MR) is 114 cm³/mol. The average molecular weight is 382 g/mol. The van der Waals surface area contributed by atoms with Crippen LogP contribution in [0.15, 0.2) is 84.0 Å². The summed E-state index contributed by atoms with van der Waals surface area (Å²) in [6.45, 7) is 2.10. The molecule has 2 aromatic heterocycles. The number of rotatable bonds is 4. The fourth-order valence-corrected chi connectivity index (χ4v) is 4.07. The lowest BCUT2D eigenvalue weighted by molar-refractivity contribution is 0.811. The second-order valence-electron chi connectivity index (χ2n) is 6.72. The molecule has 5 aromatic rings. The molecule has 0 radical (unpaired) electrons. The second kappa shape index (κ2) is 7.09. The quantitative estimate of drug-likeness (QED) is 0.302. The fraction of sp³-hybridized carbons (Fsp3) is 0.0870. The summed E-state index contributed by atoms with van der Waals surface area (Å²) in [5.74, 6) is 1.55. The van der Waals surface area contributed by atoms with Gasteiger partial charge in [-0.15, -0.1) is 5.10 Å². The number of hydrogen-bond acceptors (Lipinski definition) is 4. The van der Waals surface area contributed by atoms with Crippen LogP contribution in [0.25, 0.3) is 27.9 Å². The van der Waals surface area contributed by atoms with Gasteiger partial charge in [-0.25, -0.2) is 9.97 Å². The van der Waals surface area contributed by atoms with E-state index in [9.17, 15) is 0 Å². The van der Waals surface area contributed by atoms with E-state index >= 15 is 0 Å². The van der Waals surface area contributed by atoms with Crippen LogP contribution in [0.5, 0.6) is 0 Å². The van der Waals surface area contributed by atoms with Gasteiger partial charge in [-0.2, -0.15) is 4.52 Å². The van der Waals surface area contributed by atoms with Crippen molar-refractivity contribution in [2.24, 2.45) is 0 Å². The Morgan fingerprint density at radius 2 is 1.57 bits per heavy atom. The summed E-state index contributed by atoms with van der Waals surface area (Å²) in [6, 6.07) is 26.8. The number of fused-ring (bicyclic) bond motifs is 3. The molecule has 0 N–H and O–H groups in total. The average Bonchev–Trinajstić information content (AvgIpc) is 3.20. The number of para-hydroxylation sites is 1. The van der Waals surface area contributed by atoms with Gasteiger partial charge < -0.3 is 0 Å². The molecule has 0 bridgehead atoms. The molecule has 0 unspecified atom stereocenters. The van der Waals surface area contributed by atoms with Crippen LogP contribution >= 0.6 is 11.8 Å². The molecule has 0 atom stereocenters. The fourth-order valence-electron chi connectivity index (χ4n) is 3.17. The number of nitrogens with zero attached hydrogens (tertiary/aromatic N) is 4. The summed E-state index contributed by atoms with van der Waals surface area (Å²) in [4.78, 5) is 9.70. The maximum Gasteiger partial charge on any atom is 0.191 e. The highest BCUT2D eigenvalue weighted by atomic mass is 32.2. The second-order valence-corrected chi connectivity index (χ2v) is 7.67. The summed E-state index contributed by atoms with van der Waals surface area (Å²) in [5.41, 5.74) is 5.32. The third kappa shape index (κ3) is 3.14. The van der Waals surface area contributed by atoms with Crippen molar-refractivity contribution in [3.05, 3.63) is 90.0 Å². The molecule has 2 heterocycles. The van der Waals surface area contributed by atoms with E-state index in [0.29, 0.717) is 0 Å². The first-order valence-electron chi connectivity index (χ1n) is 9.17. The third-order valence-electron chi connectivity index (χ3n) is 4.67. The van der Waals surface area contributed by atoms with Gasteiger partial charge in [0.25, 0.3) is 0 Å². The Kier molecular flexibility index (Phi) is 4.29. The molecule has 5 rings (SSSR count). The van der Waals surface area contributed by atoms with Crippen LogP contribution in [0, 0.1) is 6.92 Å². The molecule has 5 heteroatoms. The molecule has 0 fully saturated rings. The molecule has 0 saturated heterocycles. The van der Waals surface area contributed by atoms with Crippen molar-refractivity contribution < 1.29 is 0 Å². The van der Waals surface area contributed by atoms with E-state index in [1.165, 1.54) is 11.1 Å².